The molecule has 134 valence electrons. The van der Waals surface area contributed by atoms with E-state index in [1.165, 1.54) is 11.3 Å². The lowest BCUT2D eigenvalue weighted by Crippen LogP contribution is -2.42. The van der Waals surface area contributed by atoms with Gasteiger partial charge in [-0.15, -0.1) is 11.3 Å². The number of piperidine rings is 1. The fourth-order valence-corrected chi connectivity index (χ4v) is 3.57. The van der Waals surface area contributed by atoms with Crippen molar-refractivity contribution in [3.05, 3.63) is 47.0 Å². The predicted molar refractivity (Wildman–Crippen MR) is 91.2 cm³/mol. The van der Waals surface area contributed by atoms with Crippen LogP contribution in [0.1, 0.15) is 24.5 Å². The fraction of sp³-hybridized carbons (Fsp3) is 0.412. The summed E-state index contributed by atoms with van der Waals surface area (Å²) in [6.45, 7) is 1.32. The molecule has 1 aromatic carbocycles. The van der Waals surface area contributed by atoms with Crippen molar-refractivity contribution in [3.63, 3.8) is 0 Å². The van der Waals surface area contributed by atoms with E-state index in [1.54, 1.807) is 11.6 Å². The third-order valence-corrected chi connectivity index (χ3v) is 4.98. The number of benzene rings is 1. The van der Waals surface area contributed by atoms with Crippen LogP contribution in [-0.2, 0) is 4.79 Å². The van der Waals surface area contributed by atoms with Gasteiger partial charge in [-0.05, 0) is 37.6 Å². The molecule has 2 heterocycles. The Labute approximate surface area is 148 Å². The normalized spacial score (nSPS) is 19.6. The van der Waals surface area contributed by atoms with Crippen LogP contribution in [0.25, 0.3) is 0 Å². The maximum Gasteiger partial charge on any atom is 0.230 e. The number of amides is 1. The van der Waals surface area contributed by atoms with Crippen LogP contribution in [0.3, 0.4) is 0 Å². The van der Waals surface area contributed by atoms with E-state index < -0.39 is 17.7 Å². The lowest BCUT2D eigenvalue weighted by molar-refractivity contribution is -0.121. The largest absolute Gasteiger partial charge is 0.387 e. The Morgan fingerprint density at radius 2 is 2.32 bits per heavy atom. The highest BCUT2D eigenvalue weighted by Crippen LogP contribution is 2.24. The molecule has 1 amide bonds. The lowest BCUT2D eigenvalue weighted by Gasteiger charge is -2.33. The summed E-state index contributed by atoms with van der Waals surface area (Å²) in [6, 6.07) is 3.04. The SMILES string of the molecule is O=C(Nc1nccs1)[C@H]1CCCN(C[C@H](O)c2cc(F)ccc2F)C1. The van der Waals surface area contributed by atoms with Crippen LogP contribution in [0.15, 0.2) is 29.8 Å². The van der Waals surface area contributed by atoms with Crippen molar-refractivity contribution in [2.45, 2.75) is 18.9 Å². The molecule has 0 radical (unpaired) electrons. The molecule has 1 aromatic heterocycles. The van der Waals surface area contributed by atoms with Gasteiger partial charge >= 0.3 is 0 Å². The molecular weight excluding hydrogens is 348 g/mol. The Kier molecular flexibility index (Phi) is 5.72. The van der Waals surface area contributed by atoms with E-state index in [0.29, 0.717) is 18.2 Å². The van der Waals surface area contributed by atoms with Crippen LogP contribution in [0.5, 0.6) is 0 Å². The highest BCUT2D eigenvalue weighted by atomic mass is 32.1. The highest BCUT2D eigenvalue weighted by Gasteiger charge is 2.28. The number of β-amino-alcohol motifs (C(OH)–C–C–N with tert-alkyl or cyclic N) is 1. The number of carbonyl (C=O) groups excluding carboxylic acids is 1. The number of hydrogen-bond donors (Lipinski definition) is 2. The molecule has 0 unspecified atom stereocenters. The van der Waals surface area contributed by atoms with Crippen LogP contribution in [0.2, 0.25) is 0 Å². The second-order valence-corrected chi connectivity index (χ2v) is 7.00. The molecular formula is C17H19F2N3O2S. The molecule has 8 heteroatoms. The highest BCUT2D eigenvalue weighted by molar-refractivity contribution is 7.13. The minimum atomic E-state index is -1.14. The van der Waals surface area contributed by atoms with Gasteiger partial charge in [-0.1, -0.05) is 0 Å². The molecule has 0 spiro atoms. The summed E-state index contributed by atoms with van der Waals surface area (Å²) in [5.41, 5.74) is -0.0608. The van der Waals surface area contributed by atoms with Crippen molar-refractivity contribution < 1.29 is 18.7 Å². The van der Waals surface area contributed by atoms with Gasteiger partial charge in [0.1, 0.15) is 11.6 Å². The molecule has 1 saturated heterocycles. The zero-order valence-electron chi connectivity index (χ0n) is 13.5. The van der Waals surface area contributed by atoms with Crippen LogP contribution in [0.4, 0.5) is 13.9 Å². The maximum atomic E-state index is 13.8. The number of rotatable bonds is 5. The monoisotopic (exact) mass is 367 g/mol. The molecule has 0 saturated carbocycles. The third kappa shape index (κ3) is 4.59. The third-order valence-electron chi connectivity index (χ3n) is 4.29. The number of aromatic nitrogens is 1. The van der Waals surface area contributed by atoms with E-state index in [9.17, 15) is 18.7 Å². The van der Waals surface area contributed by atoms with E-state index in [-0.39, 0.29) is 23.9 Å². The second kappa shape index (κ2) is 7.99. The second-order valence-electron chi connectivity index (χ2n) is 6.11. The summed E-state index contributed by atoms with van der Waals surface area (Å²) >= 11 is 1.35. The molecule has 3 rings (SSSR count). The summed E-state index contributed by atoms with van der Waals surface area (Å²) in [5.74, 6) is -1.55. The number of aliphatic hydroxyl groups excluding tert-OH is 1. The van der Waals surface area contributed by atoms with Gasteiger partial charge in [-0.25, -0.2) is 13.8 Å². The number of aliphatic hydroxyl groups is 1. The summed E-state index contributed by atoms with van der Waals surface area (Å²) < 4.78 is 27.1. The van der Waals surface area contributed by atoms with Crippen LogP contribution >= 0.6 is 11.3 Å². The number of anilines is 1. The quantitative estimate of drug-likeness (QED) is 0.853. The van der Waals surface area contributed by atoms with Crippen LogP contribution in [0, 0.1) is 17.6 Å². The summed E-state index contributed by atoms with van der Waals surface area (Å²) in [6.07, 6.45) is 2.03. The van der Waals surface area contributed by atoms with E-state index in [0.717, 1.165) is 31.0 Å². The molecule has 1 fully saturated rings. The van der Waals surface area contributed by atoms with E-state index in [2.05, 4.69) is 10.3 Å². The molecule has 1 aliphatic rings. The van der Waals surface area contributed by atoms with Crippen LogP contribution in [-0.4, -0.2) is 40.5 Å². The van der Waals surface area contributed by atoms with Gasteiger partial charge in [0.2, 0.25) is 5.91 Å². The van der Waals surface area contributed by atoms with Gasteiger partial charge in [-0.3, -0.25) is 9.69 Å². The van der Waals surface area contributed by atoms with Crippen molar-refractivity contribution in [1.82, 2.24) is 9.88 Å². The van der Waals surface area contributed by atoms with Crippen molar-refractivity contribution >= 4 is 22.4 Å². The minimum Gasteiger partial charge on any atom is -0.387 e. The Morgan fingerprint density at radius 3 is 3.08 bits per heavy atom. The molecule has 5 nitrogen and oxygen atoms in total. The van der Waals surface area contributed by atoms with Gasteiger partial charge < -0.3 is 10.4 Å². The molecule has 0 bridgehead atoms. The average Bonchev–Trinajstić information content (AvgIpc) is 3.10. The number of nitrogens with zero attached hydrogens (tertiary/aromatic N) is 2. The lowest BCUT2D eigenvalue weighted by atomic mass is 9.96. The Hall–Kier alpha value is -1.90. The topological polar surface area (TPSA) is 65.5 Å². The average molecular weight is 367 g/mol. The van der Waals surface area contributed by atoms with Crippen molar-refractivity contribution in [3.8, 4) is 0 Å². The van der Waals surface area contributed by atoms with Crippen molar-refractivity contribution in [2.75, 3.05) is 25.0 Å². The van der Waals surface area contributed by atoms with Crippen molar-refractivity contribution in [2.24, 2.45) is 5.92 Å². The zero-order valence-corrected chi connectivity index (χ0v) is 14.3. The first-order valence-electron chi connectivity index (χ1n) is 8.08. The van der Waals surface area contributed by atoms with Gasteiger partial charge in [0.25, 0.3) is 0 Å². The molecule has 0 aliphatic carbocycles. The first-order valence-corrected chi connectivity index (χ1v) is 8.96. The Balaban J connectivity index is 1.59. The number of likely N-dealkylation sites (tertiary alicyclic amines) is 1. The smallest absolute Gasteiger partial charge is 0.230 e. The van der Waals surface area contributed by atoms with Crippen molar-refractivity contribution in [1.29, 1.82) is 0 Å². The summed E-state index contributed by atoms with van der Waals surface area (Å²) in [7, 11) is 0. The first kappa shape index (κ1) is 17.9. The standard InChI is InChI=1S/C17H19F2N3O2S/c18-12-3-4-14(19)13(8-12)15(23)10-22-6-1-2-11(9-22)16(24)21-17-20-5-7-25-17/h3-5,7-8,11,15,23H,1-2,6,9-10H2,(H,20,21,24)/t11-,15-/m0/s1. The van der Waals surface area contributed by atoms with E-state index in [4.69, 9.17) is 0 Å². The Morgan fingerprint density at radius 1 is 1.48 bits per heavy atom. The minimum absolute atomic E-state index is 0.0608. The maximum absolute atomic E-state index is 13.8. The predicted octanol–water partition coefficient (Wildman–Crippen LogP) is 2.81. The number of thiazole rings is 1. The van der Waals surface area contributed by atoms with Gasteiger partial charge in [0.15, 0.2) is 5.13 Å². The molecule has 2 aromatic rings. The van der Waals surface area contributed by atoms with E-state index in [1.807, 2.05) is 4.90 Å². The molecule has 25 heavy (non-hydrogen) atoms. The van der Waals surface area contributed by atoms with E-state index >= 15 is 0 Å². The van der Waals surface area contributed by atoms with Gasteiger partial charge in [0.05, 0.1) is 12.0 Å². The fourth-order valence-electron chi connectivity index (χ4n) is 3.04. The zero-order chi connectivity index (χ0) is 17.8. The first-order chi connectivity index (χ1) is 12.0. The molecule has 2 N–H and O–H groups in total. The van der Waals surface area contributed by atoms with Gasteiger partial charge in [-0.2, -0.15) is 0 Å². The molecule has 1 aliphatic heterocycles. The van der Waals surface area contributed by atoms with Gasteiger partial charge in [0, 0.05) is 30.2 Å². The van der Waals surface area contributed by atoms with Crippen LogP contribution < -0.4 is 5.32 Å². The Bertz CT molecular complexity index is 727. The number of carbonyl (C=O) groups is 1. The number of hydrogen-bond acceptors (Lipinski definition) is 5. The summed E-state index contributed by atoms with van der Waals surface area (Å²) in [5, 5.41) is 15.4. The summed E-state index contributed by atoms with van der Waals surface area (Å²) in [4.78, 5) is 18.3. The molecule has 2 atom stereocenters. The number of nitrogens with one attached hydrogen (secondary N) is 1. The number of halogens is 2.